The van der Waals surface area contributed by atoms with Gasteiger partial charge in [0.1, 0.15) is 11.6 Å². The van der Waals surface area contributed by atoms with Crippen molar-refractivity contribution in [3.8, 4) is 5.75 Å². The first-order valence-electron chi connectivity index (χ1n) is 8.73. The molecule has 1 amide bonds. The van der Waals surface area contributed by atoms with Crippen LogP contribution < -0.4 is 4.74 Å². The van der Waals surface area contributed by atoms with E-state index in [0.717, 1.165) is 32.8 Å². The Bertz CT molecular complexity index is 580. The monoisotopic (exact) mass is 352 g/mol. The number of rotatable bonds is 6. The van der Waals surface area contributed by atoms with Crippen molar-refractivity contribution in [2.75, 3.05) is 59.2 Å². The van der Waals surface area contributed by atoms with Crippen molar-refractivity contribution in [3.05, 3.63) is 30.1 Å². The number of likely N-dealkylation sites (tertiary alicyclic amines) is 1. The summed E-state index contributed by atoms with van der Waals surface area (Å²) in [5, 5.41) is 9.65. The number of carbonyl (C=O) groups excluding carboxylic acids is 1. The van der Waals surface area contributed by atoms with Crippen LogP contribution in [0.4, 0.5) is 4.39 Å². The van der Waals surface area contributed by atoms with Gasteiger partial charge >= 0.3 is 0 Å². The molecule has 1 aromatic carbocycles. The van der Waals surface area contributed by atoms with Crippen LogP contribution in [0.15, 0.2) is 24.3 Å². The third kappa shape index (κ3) is 4.90. The summed E-state index contributed by atoms with van der Waals surface area (Å²) >= 11 is 0. The number of amides is 1. The highest BCUT2D eigenvalue weighted by atomic mass is 19.1. The number of benzene rings is 1. The molecule has 0 radical (unpaired) electrons. The first kappa shape index (κ1) is 18.1. The zero-order valence-corrected chi connectivity index (χ0v) is 14.3. The van der Waals surface area contributed by atoms with Gasteiger partial charge in [-0.3, -0.25) is 9.69 Å². The van der Waals surface area contributed by atoms with E-state index in [4.69, 9.17) is 9.47 Å². The van der Waals surface area contributed by atoms with Crippen LogP contribution in [0.2, 0.25) is 0 Å². The van der Waals surface area contributed by atoms with Gasteiger partial charge in [0.15, 0.2) is 6.61 Å². The fraction of sp³-hybridized carbons (Fsp3) is 0.611. The van der Waals surface area contributed by atoms with Crippen molar-refractivity contribution in [1.29, 1.82) is 0 Å². The number of aliphatic hydroxyl groups excluding tert-OH is 1. The number of morpholine rings is 1. The molecule has 2 aliphatic rings. The van der Waals surface area contributed by atoms with Crippen molar-refractivity contribution in [3.63, 3.8) is 0 Å². The second-order valence-electron chi connectivity index (χ2n) is 6.66. The third-order valence-electron chi connectivity index (χ3n) is 4.92. The Morgan fingerprint density at radius 2 is 2.04 bits per heavy atom. The molecular formula is C18H25FN2O4. The summed E-state index contributed by atoms with van der Waals surface area (Å²) in [7, 11) is 0. The Labute approximate surface area is 147 Å². The van der Waals surface area contributed by atoms with E-state index in [9.17, 15) is 14.3 Å². The first-order chi connectivity index (χ1) is 12.2. The first-order valence-corrected chi connectivity index (χ1v) is 8.73. The summed E-state index contributed by atoms with van der Waals surface area (Å²) in [6.45, 7) is 5.24. The summed E-state index contributed by atoms with van der Waals surface area (Å²) in [4.78, 5) is 16.5. The van der Waals surface area contributed by atoms with Gasteiger partial charge in [-0.1, -0.05) is 6.07 Å². The molecule has 0 saturated carbocycles. The molecule has 6 nitrogen and oxygen atoms in total. The minimum atomic E-state index is -0.392. The fourth-order valence-corrected chi connectivity index (χ4v) is 3.46. The lowest BCUT2D eigenvalue weighted by atomic mass is 9.96. The van der Waals surface area contributed by atoms with Crippen LogP contribution >= 0.6 is 0 Å². The van der Waals surface area contributed by atoms with Crippen molar-refractivity contribution in [1.82, 2.24) is 9.80 Å². The van der Waals surface area contributed by atoms with Crippen LogP contribution in [0, 0.1) is 17.7 Å². The Morgan fingerprint density at radius 3 is 2.76 bits per heavy atom. The number of hydrogen-bond acceptors (Lipinski definition) is 5. The van der Waals surface area contributed by atoms with E-state index >= 15 is 0 Å². The summed E-state index contributed by atoms with van der Waals surface area (Å²) in [6, 6.07) is 5.76. The van der Waals surface area contributed by atoms with Gasteiger partial charge in [-0.2, -0.15) is 0 Å². The van der Waals surface area contributed by atoms with Gasteiger partial charge < -0.3 is 19.5 Å². The molecule has 2 heterocycles. The normalized spacial score (nSPS) is 24.5. The SMILES string of the molecule is O=C(COc1cccc(F)c1)N1C[C@@H](CO)[C@@H](CN2CCOCC2)C1. The molecule has 0 aromatic heterocycles. The van der Waals surface area contributed by atoms with Crippen molar-refractivity contribution in [2.24, 2.45) is 11.8 Å². The summed E-state index contributed by atoms with van der Waals surface area (Å²) in [5.41, 5.74) is 0. The van der Waals surface area contributed by atoms with Gasteiger partial charge in [-0.05, 0) is 18.1 Å². The quantitative estimate of drug-likeness (QED) is 0.813. The highest BCUT2D eigenvalue weighted by molar-refractivity contribution is 5.78. The molecule has 2 aliphatic heterocycles. The predicted octanol–water partition coefficient (Wildman–Crippen LogP) is 0.604. The molecule has 0 unspecified atom stereocenters. The minimum Gasteiger partial charge on any atom is -0.484 e. The smallest absolute Gasteiger partial charge is 0.260 e. The average molecular weight is 352 g/mol. The van der Waals surface area contributed by atoms with Crippen LogP contribution in [-0.2, 0) is 9.53 Å². The number of ether oxygens (including phenoxy) is 2. The van der Waals surface area contributed by atoms with E-state index in [1.807, 2.05) is 0 Å². The van der Waals surface area contributed by atoms with Gasteiger partial charge in [0.2, 0.25) is 0 Å². The fourth-order valence-electron chi connectivity index (χ4n) is 3.46. The maximum atomic E-state index is 13.1. The second kappa shape index (κ2) is 8.60. The summed E-state index contributed by atoms with van der Waals surface area (Å²) in [5.74, 6) is 0.155. The second-order valence-corrected chi connectivity index (χ2v) is 6.66. The number of halogens is 1. The molecule has 3 rings (SSSR count). The average Bonchev–Trinajstić information content (AvgIpc) is 3.03. The topological polar surface area (TPSA) is 62.2 Å². The largest absolute Gasteiger partial charge is 0.484 e. The number of hydrogen-bond donors (Lipinski definition) is 1. The van der Waals surface area contributed by atoms with Crippen LogP contribution in [-0.4, -0.2) is 80.0 Å². The maximum Gasteiger partial charge on any atom is 0.260 e. The molecule has 0 spiro atoms. The zero-order valence-electron chi connectivity index (χ0n) is 14.3. The highest BCUT2D eigenvalue weighted by Crippen LogP contribution is 2.25. The van der Waals surface area contributed by atoms with Crippen LogP contribution in [0.25, 0.3) is 0 Å². The predicted molar refractivity (Wildman–Crippen MR) is 89.8 cm³/mol. The number of nitrogens with zero attached hydrogens (tertiary/aromatic N) is 2. The van der Waals surface area contributed by atoms with Gasteiger partial charge in [0.05, 0.1) is 13.2 Å². The summed E-state index contributed by atoms with van der Waals surface area (Å²) < 4.78 is 23.9. The van der Waals surface area contributed by atoms with Gasteiger partial charge in [0.25, 0.3) is 5.91 Å². The van der Waals surface area contributed by atoms with E-state index in [1.54, 1.807) is 17.0 Å². The molecule has 2 saturated heterocycles. The van der Waals surface area contributed by atoms with E-state index in [-0.39, 0.29) is 31.0 Å². The third-order valence-corrected chi connectivity index (χ3v) is 4.92. The van der Waals surface area contributed by atoms with Gasteiger partial charge in [-0.15, -0.1) is 0 Å². The lowest BCUT2D eigenvalue weighted by molar-refractivity contribution is -0.132. The Morgan fingerprint density at radius 1 is 1.28 bits per heavy atom. The maximum absolute atomic E-state index is 13.1. The Hall–Kier alpha value is -1.70. The molecule has 138 valence electrons. The van der Waals surface area contributed by atoms with E-state index in [1.165, 1.54) is 12.1 Å². The molecule has 0 aliphatic carbocycles. The van der Waals surface area contributed by atoms with Crippen molar-refractivity contribution < 1.29 is 23.8 Å². The zero-order chi connectivity index (χ0) is 17.6. The van der Waals surface area contributed by atoms with Crippen LogP contribution in [0.5, 0.6) is 5.75 Å². The molecule has 2 atom stereocenters. The molecule has 0 bridgehead atoms. The molecular weight excluding hydrogens is 327 g/mol. The van der Waals surface area contributed by atoms with E-state index in [0.29, 0.717) is 18.8 Å². The van der Waals surface area contributed by atoms with Gasteiger partial charge in [-0.25, -0.2) is 4.39 Å². The van der Waals surface area contributed by atoms with E-state index < -0.39 is 5.82 Å². The van der Waals surface area contributed by atoms with Gasteiger partial charge in [0, 0.05) is 51.3 Å². The Balaban J connectivity index is 1.50. The van der Waals surface area contributed by atoms with E-state index in [2.05, 4.69) is 4.90 Å². The van der Waals surface area contributed by atoms with Crippen LogP contribution in [0.1, 0.15) is 0 Å². The lowest BCUT2D eigenvalue weighted by Crippen LogP contribution is -2.41. The molecule has 25 heavy (non-hydrogen) atoms. The molecule has 2 fully saturated rings. The van der Waals surface area contributed by atoms with Crippen molar-refractivity contribution in [2.45, 2.75) is 0 Å². The highest BCUT2D eigenvalue weighted by Gasteiger charge is 2.36. The Kier molecular flexibility index (Phi) is 6.23. The lowest BCUT2D eigenvalue weighted by Gasteiger charge is -2.30. The minimum absolute atomic E-state index is 0.0730. The molecule has 1 N–H and O–H groups in total. The summed E-state index contributed by atoms with van der Waals surface area (Å²) in [6.07, 6.45) is 0. The van der Waals surface area contributed by atoms with Crippen LogP contribution in [0.3, 0.4) is 0 Å². The molecule has 1 aromatic rings. The van der Waals surface area contributed by atoms with Crippen molar-refractivity contribution >= 4 is 5.91 Å². The number of aliphatic hydroxyl groups is 1. The number of carbonyl (C=O) groups is 1. The molecule has 7 heteroatoms. The standard InChI is InChI=1S/C18H25FN2O4/c19-16-2-1-3-17(8-16)25-13-18(23)21-10-14(15(11-21)12-22)9-20-4-6-24-7-5-20/h1-3,8,14-15,22H,4-7,9-13H2/t14-,15-/m0/s1.